The van der Waals surface area contributed by atoms with Crippen LogP contribution in [0.2, 0.25) is 0 Å². The van der Waals surface area contributed by atoms with Gasteiger partial charge in [0.25, 0.3) is 0 Å². The van der Waals surface area contributed by atoms with Crippen LogP contribution in [0.4, 0.5) is 0 Å². The van der Waals surface area contributed by atoms with E-state index in [-0.39, 0.29) is 0 Å². The number of hydrogen-bond donors (Lipinski definition) is 0. The van der Waals surface area contributed by atoms with Crippen molar-refractivity contribution in [2.75, 3.05) is 0 Å². The summed E-state index contributed by atoms with van der Waals surface area (Å²) in [6.45, 7) is 6.65. The topological polar surface area (TPSA) is 0 Å². The third-order valence-corrected chi connectivity index (χ3v) is 5.19. The molecule has 0 N–H and O–H groups in total. The first-order valence-electron chi connectivity index (χ1n) is 5.50. The molecule has 3 saturated carbocycles. The van der Waals surface area contributed by atoms with Crippen LogP contribution < -0.4 is 0 Å². The smallest absolute Gasteiger partial charge is 0.00297 e. The summed E-state index contributed by atoms with van der Waals surface area (Å²) in [5.41, 5.74) is 1.71. The molecule has 13 heavy (non-hydrogen) atoms. The van der Waals surface area contributed by atoms with Crippen LogP contribution in [0.5, 0.6) is 0 Å². The molecule has 3 aliphatic carbocycles. The zero-order chi connectivity index (χ0) is 9.69. The van der Waals surface area contributed by atoms with E-state index in [1.165, 1.54) is 6.42 Å². The summed E-state index contributed by atoms with van der Waals surface area (Å²) in [5.74, 6) is 4.51. The first-order chi connectivity index (χ1) is 6.12. The molecule has 0 aromatic rings. The summed E-state index contributed by atoms with van der Waals surface area (Å²) in [5, 5.41) is 0. The molecule has 0 radical (unpaired) electrons. The Balaban J connectivity index is 0.000000196. The molecule has 0 saturated heterocycles. The van der Waals surface area contributed by atoms with Crippen LogP contribution in [0, 0.1) is 35.0 Å². The van der Waals surface area contributed by atoms with Gasteiger partial charge in [-0.25, -0.2) is 0 Å². The van der Waals surface area contributed by atoms with Crippen LogP contribution >= 0.6 is 0 Å². The molecule has 72 valence electrons. The standard InChI is InChI=1S/C10H16.C3H4/c1-7-8-3-4-9(2)5-6-10(7,8)9;1-3-2/h7-8H,3-6H2,1-2H3;1H,2H3. The monoisotopic (exact) mass is 176 g/mol. The highest BCUT2D eigenvalue weighted by molar-refractivity contribution is 5.25. The molecule has 0 heterocycles. The average Bonchev–Trinajstić information content (AvgIpc) is 2.63. The van der Waals surface area contributed by atoms with Crippen LogP contribution in [-0.4, -0.2) is 0 Å². The van der Waals surface area contributed by atoms with Gasteiger partial charge in [0.15, 0.2) is 0 Å². The zero-order valence-corrected chi connectivity index (χ0v) is 9.06. The molecular formula is C13H20. The molecule has 0 nitrogen and oxygen atoms in total. The van der Waals surface area contributed by atoms with E-state index in [9.17, 15) is 0 Å². The first-order valence-corrected chi connectivity index (χ1v) is 5.50. The van der Waals surface area contributed by atoms with E-state index in [1.54, 1.807) is 26.2 Å². The van der Waals surface area contributed by atoms with Gasteiger partial charge in [0, 0.05) is 0 Å². The van der Waals surface area contributed by atoms with Gasteiger partial charge in [-0.15, -0.1) is 12.3 Å². The van der Waals surface area contributed by atoms with Crippen molar-refractivity contribution < 1.29 is 0 Å². The molecule has 3 aliphatic rings. The molecule has 0 amide bonds. The van der Waals surface area contributed by atoms with Crippen molar-refractivity contribution in [3.05, 3.63) is 0 Å². The van der Waals surface area contributed by atoms with Gasteiger partial charge in [0.2, 0.25) is 0 Å². The molecule has 0 aromatic heterocycles. The SMILES string of the molecule is C#CC.CC1C2CCC3(C)CCC123. The number of rotatable bonds is 0. The lowest BCUT2D eigenvalue weighted by Crippen LogP contribution is -2.38. The summed E-state index contributed by atoms with van der Waals surface area (Å²) in [6, 6.07) is 0. The number of hydrogen-bond acceptors (Lipinski definition) is 0. The van der Waals surface area contributed by atoms with Crippen molar-refractivity contribution in [1.29, 1.82) is 0 Å². The fourth-order valence-corrected chi connectivity index (χ4v) is 4.32. The van der Waals surface area contributed by atoms with Crippen LogP contribution in [-0.2, 0) is 0 Å². The Morgan fingerprint density at radius 3 is 2.15 bits per heavy atom. The lowest BCUT2D eigenvalue weighted by Gasteiger charge is -2.47. The molecule has 4 unspecified atom stereocenters. The van der Waals surface area contributed by atoms with E-state index in [2.05, 4.69) is 26.2 Å². The maximum atomic E-state index is 4.60. The second-order valence-corrected chi connectivity index (χ2v) is 5.32. The zero-order valence-electron chi connectivity index (χ0n) is 9.06. The van der Waals surface area contributed by atoms with Gasteiger partial charge in [-0.3, -0.25) is 0 Å². The summed E-state index contributed by atoms with van der Waals surface area (Å²) in [4.78, 5) is 0. The summed E-state index contributed by atoms with van der Waals surface area (Å²) >= 11 is 0. The molecule has 0 aliphatic heterocycles. The van der Waals surface area contributed by atoms with Crippen molar-refractivity contribution in [1.82, 2.24) is 0 Å². The molecule has 0 aromatic carbocycles. The Labute approximate surface area is 82.1 Å². The maximum Gasteiger partial charge on any atom is -0.00297 e. The van der Waals surface area contributed by atoms with Crippen LogP contribution in [0.3, 0.4) is 0 Å². The quantitative estimate of drug-likeness (QED) is 0.496. The van der Waals surface area contributed by atoms with Crippen LogP contribution in [0.15, 0.2) is 0 Å². The summed E-state index contributed by atoms with van der Waals surface area (Å²) < 4.78 is 0. The van der Waals surface area contributed by atoms with Gasteiger partial charge in [-0.05, 0) is 55.3 Å². The normalized spacial score (nSPS) is 54.6. The first kappa shape index (κ1) is 9.13. The van der Waals surface area contributed by atoms with Gasteiger partial charge in [-0.1, -0.05) is 13.8 Å². The summed E-state index contributed by atoms with van der Waals surface area (Å²) in [7, 11) is 0. The van der Waals surface area contributed by atoms with E-state index in [0.717, 1.165) is 22.7 Å². The number of terminal acetylenes is 1. The highest BCUT2D eigenvalue weighted by Gasteiger charge is 2.77. The third kappa shape index (κ3) is 0.836. The van der Waals surface area contributed by atoms with E-state index >= 15 is 0 Å². The fourth-order valence-electron chi connectivity index (χ4n) is 4.32. The molecular weight excluding hydrogens is 156 g/mol. The lowest BCUT2D eigenvalue weighted by molar-refractivity contribution is 0.0265. The van der Waals surface area contributed by atoms with E-state index < -0.39 is 0 Å². The van der Waals surface area contributed by atoms with Crippen molar-refractivity contribution in [3.63, 3.8) is 0 Å². The van der Waals surface area contributed by atoms with E-state index in [0.29, 0.717) is 0 Å². The Morgan fingerprint density at radius 1 is 1.31 bits per heavy atom. The van der Waals surface area contributed by atoms with Gasteiger partial charge in [-0.2, -0.15) is 0 Å². The van der Waals surface area contributed by atoms with Crippen molar-refractivity contribution in [3.8, 4) is 12.3 Å². The fraction of sp³-hybridized carbons (Fsp3) is 0.846. The van der Waals surface area contributed by atoms with E-state index in [1.807, 2.05) is 0 Å². The van der Waals surface area contributed by atoms with Crippen molar-refractivity contribution in [2.24, 2.45) is 22.7 Å². The predicted octanol–water partition coefficient (Wildman–Crippen LogP) is 3.47. The maximum absolute atomic E-state index is 4.60. The Hall–Kier alpha value is -0.440. The minimum absolute atomic E-state index is 0.817. The van der Waals surface area contributed by atoms with Gasteiger partial charge < -0.3 is 0 Å². The lowest BCUT2D eigenvalue weighted by atomic mass is 9.58. The third-order valence-electron chi connectivity index (χ3n) is 5.19. The molecule has 3 fully saturated rings. The highest BCUT2D eigenvalue weighted by Crippen LogP contribution is 2.84. The highest BCUT2D eigenvalue weighted by atomic mass is 14.8. The largest absolute Gasteiger partial charge is 0.120 e. The molecule has 0 heteroatoms. The average molecular weight is 176 g/mol. The van der Waals surface area contributed by atoms with Gasteiger partial charge in [0.05, 0.1) is 0 Å². The van der Waals surface area contributed by atoms with Gasteiger partial charge >= 0.3 is 0 Å². The minimum atomic E-state index is 0.817. The molecule has 4 atom stereocenters. The molecule has 3 rings (SSSR count). The minimum Gasteiger partial charge on any atom is -0.120 e. The van der Waals surface area contributed by atoms with Crippen LogP contribution in [0.25, 0.3) is 0 Å². The predicted molar refractivity (Wildman–Crippen MR) is 56.2 cm³/mol. The summed E-state index contributed by atoms with van der Waals surface area (Å²) in [6.07, 6.45) is 10.8. The van der Waals surface area contributed by atoms with Crippen molar-refractivity contribution >= 4 is 0 Å². The van der Waals surface area contributed by atoms with Gasteiger partial charge in [0.1, 0.15) is 0 Å². The molecule has 1 spiro atoms. The van der Waals surface area contributed by atoms with E-state index in [4.69, 9.17) is 0 Å². The van der Waals surface area contributed by atoms with Crippen molar-refractivity contribution in [2.45, 2.75) is 46.5 Å². The second-order valence-electron chi connectivity index (χ2n) is 5.32. The second kappa shape index (κ2) is 2.53. The Bertz CT molecular complexity index is 260. The Morgan fingerprint density at radius 2 is 1.92 bits per heavy atom. The Kier molecular flexibility index (Phi) is 1.78. The van der Waals surface area contributed by atoms with Crippen LogP contribution in [0.1, 0.15) is 46.5 Å². The molecule has 0 bridgehead atoms.